The van der Waals surface area contributed by atoms with E-state index in [9.17, 15) is 13.2 Å². The Bertz CT molecular complexity index is 848. The normalized spacial score (nSPS) is 11.4. The monoisotopic (exact) mass is 376 g/mol. The van der Waals surface area contributed by atoms with Crippen LogP contribution in [0.1, 0.15) is 19.4 Å². The van der Waals surface area contributed by atoms with Crippen molar-refractivity contribution in [3.63, 3.8) is 0 Å². The molecule has 0 fully saturated rings. The van der Waals surface area contributed by atoms with E-state index in [2.05, 4.69) is 5.32 Å². The first-order valence-electron chi connectivity index (χ1n) is 8.44. The molecule has 26 heavy (non-hydrogen) atoms. The highest BCUT2D eigenvalue weighted by molar-refractivity contribution is 7.89. The molecule has 0 aliphatic carbocycles. The molecule has 2 rings (SSSR count). The second-order valence-electron chi connectivity index (χ2n) is 5.67. The van der Waals surface area contributed by atoms with E-state index in [0.29, 0.717) is 11.4 Å². The summed E-state index contributed by atoms with van der Waals surface area (Å²) in [5, 5.41) is 2.80. The van der Waals surface area contributed by atoms with E-state index in [-0.39, 0.29) is 23.9 Å². The van der Waals surface area contributed by atoms with E-state index < -0.39 is 10.0 Å². The number of hydrogen-bond acceptors (Lipinski definition) is 4. The molecular formula is C19H24N2O4S. The molecule has 0 radical (unpaired) electrons. The lowest BCUT2D eigenvalue weighted by atomic mass is 10.1. The van der Waals surface area contributed by atoms with Crippen molar-refractivity contribution in [3.05, 3.63) is 54.1 Å². The molecule has 1 N–H and O–H groups in total. The van der Waals surface area contributed by atoms with Crippen LogP contribution in [0.4, 0.5) is 5.69 Å². The number of para-hydroxylation sites is 1. The van der Waals surface area contributed by atoms with Crippen LogP contribution in [-0.4, -0.2) is 38.8 Å². The van der Waals surface area contributed by atoms with Crippen molar-refractivity contribution in [2.45, 2.75) is 25.2 Å². The van der Waals surface area contributed by atoms with Crippen LogP contribution in [0, 0.1) is 0 Å². The van der Waals surface area contributed by atoms with Gasteiger partial charge in [0.15, 0.2) is 0 Å². The summed E-state index contributed by atoms with van der Waals surface area (Å²) in [4.78, 5) is 12.5. The van der Waals surface area contributed by atoms with E-state index in [1.807, 2.05) is 31.2 Å². The Balaban J connectivity index is 2.15. The third-order valence-electron chi connectivity index (χ3n) is 4.04. The summed E-state index contributed by atoms with van der Waals surface area (Å²) in [7, 11) is -2.25. The van der Waals surface area contributed by atoms with Crippen molar-refractivity contribution in [1.82, 2.24) is 4.31 Å². The number of carbonyl (C=O) groups is 1. The first-order valence-corrected chi connectivity index (χ1v) is 9.88. The molecule has 0 saturated heterocycles. The number of ether oxygens (including phenoxy) is 1. The fraction of sp³-hybridized carbons (Fsp3) is 0.316. The van der Waals surface area contributed by atoms with Crippen molar-refractivity contribution >= 4 is 21.6 Å². The predicted octanol–water partition coefficient (Wildman–Crippen LogP) is 2.91. The van der Waals surface area contributed by atoms with Gasteiger partial charge in [-0.3, -0.25) is 4.79 Å². The quantitative estimate of drug-likeness (QED) is 0.769. The smallest absolute Gasteiger partial charge is 0.243 e. The lowest BCUT2D eigenvalue weighted by molar-refractivity contribution is -0.116. The molecule has 6 nitrogen and oxygen atoms in total. The molecular weight excluding hydrogens is 352 g/mol. The van der Waals surface area contributed by atoms with Gasteiger partial charge in [-0.2, -0.15) is 4.31 Å². The van der Waals surface area contributed by atoms with Crippen LogP contribution < -0.4 is 10.1 Å². The Kier molecular flexibility index (Phi) is 6.76. The number of amides is 1. The second kappa shape index (κ2) is 8.82. The van der Waals surface area contributed by atoms with Crippen LogP contribution in [0.15, 0.2) is 53.4 Å². The summed E-state index contributed by atoms with van der Waals surface area (Å²) in [6, 6.07) is 13.6. The molecule has 0 aromatic heterocycles. The molecule has 0 atom stereocenters. The van der Waals surface area contributed by atoms with Gasteiger partial charge >= 0.3 is 0 Å². The molecule has 2 aromatic rings. The number of aryl methyl sites for hydroxylation is 1. The number of hydrogen-bond donors (Lipinski definition) is 1. The summed E-state index contributed by atoms with van der Waals surface area (Å²) >= 11 is 0. The molecule has 2 aromatic carbocycles. The number of nitrogens with zero attached hydrogens (tertiary/aromatic N) is 1. The number of methoxy groups -OCH3 is 1. The van der Waals surface area contributed by atoms with Crippen molar-refractivity contribution in [2.24, 2.45) is 0 Å². The van der Waals surface area contributed by atoms with Gasteiger partial charge in [-0.1, -0.05) is 32.0 Å². The minimum Gasteiger partial charge on any atom is -0.497 e. The average Bonchev–Trinajstić information content (AvgIpc) is 2.66. The number of nitrogens with one attached hydrogen (secondary N) is 1. The highest BCUT2D eigenvalue weighted by Crippen LogP contribution is 2.20. The van der Waals surface area contributed by atoms with E-state index in [1.54, 1.807) is 19.1 Å². The first-order chi connectivity index (χ1) is 12.4. The van der Waals surface area contributed by atoms with Gasteiger partial charge in [0.1, 0.15) is 5.75 Å². The second-order valence-corrected chi connectivity index (χ2v) is 7.60. The van der Waals surface area contributed by atoms with Crippen LogP contribution >= 0.6 is 0 Å². The van der Waals surface area contributed by atoms with E-state index in [1.165, 1.54) is 19.2 Å². The first kappa shape index (κ1) is 19.9. The van der Waals surface area contributed by atoms with Crippen molar-refractivity contribution in [3.8, 4) is 5.75 Å². The molecule has 0 aliphatic heterocycles. The van der Waals surface area contributed by atoms with Gasteiger partial charge in [-0.15, -0.1) is 0 Å². The number of carbonyl (C=O) groups excluding carboxylic acids is 1. The minimum atomic E-state index is -3.76. The lowest BCUT2D eigenvalue weighted by Gasteiger charge is -2.20. The van der Waals surface area contributed by atoms with Crippen LogP contribution in [0.5, 0.6) is 5.75 Å². The van der Waals surface area contributed by atoms with Gasteiger partial charge < -0.3 is 10.1 Å². The molecule has 1 amide bonds. The highest BCUT2D eigenvalue weighted by atomic mass is 32.2. The number of likely N-dealkylation sites (N-methyl/N-ethyl adjacent to an activating group) is 1. The minimum absolute atomic E-state index is 0.127. The third-order valence-corrected chi connectivity index (χ3v) is 5.98. The Morgan fingerprint density at radius 3 is 2.31 bits per heavy atom. The SMILES string of the molecule is CCc1ccccc1NC(=O)CN(CC)S(=O)(=O)c1ccc(OC)cc1. The van der Waals surface area contributed by atoms with Crippen molar-refractivity contribution in [2.75, 3.05) is 25.5 Å². The van der Waals surface area contributed by atoms with Gasteiger partial charge in [0.25, 0.3) is 0 Å². The number of rotatable bonds is 8. The van der Waals surface area contributed by atoms with Crippen LogP contribution in [0.25, 0.3) is 0 Å². The summed E-state index contributed by atoms with van der Waals surface area (Å²) in [5.41, 5.74) is 1.71. The molecule has 0 saturated carbocycles. The Morgan fingerprint density at radius 1 is 1.08 bits per heavy atom. The third kappa shape index (κ3) is 4.62. The summed E-state index contributed by atoms with van der Waals surface area (Å²) in [5.74, 6) is 0.200. The summed E-state index contributed by atoms with van der Waals surface area (Å²) < 4.78 is 31.8. The zero-order valence-electron chi connectivity index (χ0n) is 15.2. The topological polar surface area (TPSA) is 75.7 Å². The molecule has 0 aliphatic rings. The van der Waals surface area contributed by atoms with Crippen LogP contribution in [-0.2, 0) is 21.2 Å². The van der Waals surface area contributed by atoms with Crippen molar-refractivity contribution in [1.29, 1.82) is 0 Å². The average molecular weight is 376 g/mol. The molecule has 0 spiro atoms. The molecule has 0 unspecified atom stereocenters. The van der Waals surface area contributed by atoms with E-state index >= 15 is 0 Å². The van der Waals surface area contributed by atoms with Gasteiger partial charge in [0, 0.05) is 12.2 Å². The highest BCUT2D eigenvalue weighted by Gasteiger charge is 2.25. The largest absolute Gasteiger partial charge is 0.497 e. The lowest BCUT2D eigenvalue weighted by Crippen LogP contribution is -2.37. The maximum absolute atomic E-state index is 12.8. The van der Waals surface area contributed by atoms with Gasteiger partial charge in [-0.05, 0) is 42.3 Å². The van der Waals surface area contributed by atoms with Gasteiger partial charge in [0.2, 0.25) is 15.9 Å². The van der Waals surface area contributed by atoms with E-state index in [4.69, 9.17) is 4.74 Å². The van der Waals surface area contributed by atoms with Gasteiger partial charge in [-0.25, -0.2) is 8.42 Å². The van der Waals surface area contributed by atoms with Crippen LogP contribution in [0.3, 0.4) is 0 Å². The fourth-order valence-corrected chi connectivity index (χ4v) is 3.97. The summed E-state index contributed by atoms with van der Waals surface area (Å²) in [6.07, 6.45) is 0.776. The molecule has 140 valence electrons. The van der Waals surface area contributed by atoms with Crippen LogP contribution in [0.2, 0.25) is 0 Å². The summed E-state index contributed by atoms with van der Waals surface area (Å²) in [6.45, 7) is 3.64. The zero-order chi connectivity index (χ0) is 19.2. The number of anilines is 1. The Labute approximate surface area is 154 Å². The predicted molar refractivity (Wildman–Crippen MR) is 102 cm³/mol. The zero-order valence-corrected chi connectivity index (χ0v) is 16.0. The fourth-order valence-electron chi connectivity index (χ4n) is 2.56. The Morgan fingerprint density at radius 2 is 1.73 bits per heavy atom. The molecule has 0 heterocycles. The van der Waals surface area contributed by atoms with Gasteiger partial charge in [0.05, 0.1) is 18.6 Å². The molecule has 7 heteroatoms. The number of benzene rings is 2. The maximum atomic E-state index is 12.8. The van der Waals surface area contributed by atoms with E-state index in [0.717, 1.165) is 16.3 Å². The Hall–Kier alpha value is -2.38. The number of sulfonamides is 1. The van der Waals surface area contributed by atoms with Crippen molar-refractivity contribution < 1.29 is 17.9 Å². The standard InChI is InChI=1S/C19H24N2O4S/c1-4-15-8-6-7-9-18(15)20-19(22)14-21(5-2)26(23,24)17-12-10-16(25-3)11-13-17/h6-13H,4-5,14H2,1-3H3,(H,20,22). The molecule has 0 bridgehead atoms. The maximum Gasteiger partial charge on any atom is 0.243 e.